The van der Waals surface area contributed by atoms with E-state index in [9.17, 15) is 4.79 Å². The fourth-order valence-corrected chi connectivity index (χ4v) is 3.85. The van der Waals surface area contributed by atoms with Crippen LogP contribution in [0.4, 0.5) is 0 Å². The average Bonchev–Trinajstić information content (AvgIpc) is 2.61. The lowest BCUT2D eigenvalue weighted by atomic mass is 9.88. The first-order valence-electron chi connectivity index (χ1n) is 9.54. The number of carbonyl (C=O) groups is 1. The normalized spacial score (nSPS) is 14.7. The van der Waals surface area contributed by atoms with Gasteiger partial charge < -0.3 is 5.32 Å². The fraction of sp³-hybridized carbons (Fsp3) is 0.435. The van der Waals surface area contributed by atoms with Gasteiger partial charge in [0.15, 0.2) is 0 Å². The minimum Gasteiger partial charge on any atom is -0.349 e. The topological polar surface area (TPSA) is 29.1 Å². The summed E-state index contributed by atoms with van der Waals surface area (Å²) in [5.74, 6) is 0.108. The molecule has 3 rings (SSSR count). The van der Waals surface area contributed by atoms with Crippen molar-refractivity contribution in [2.24, 2.45) is 0 Å². The largest absolute Gasteiger partial charge is 0.349 e. The maximum atomic E-state index is 12.6. The van der Waals surface area contributed by atoms with E-state index < -0.39 is 0 Å². The van der Waals surface area contributed by atoms with Gasteiger partial charge in [-0.1, -0.05) is 48.9 Å². The van der Waals surface area contributed by atoms with Crippen LogP contribution in [0.3, 0.4) is 0 Å². The highest BCUT2D eigenvalue weighted by Gasteiger charge is 2.16. The molecule has 1 aliphatic rings. The average molecular weight is 335 g/mol. The van der Waals surface area contributed by atoms with Gasteiger partial charge in [0.05, 0.1) is 12.5 Å². The molecule has 0 saturated carbocycles. The van der Waals surface area contributed by atoms with Crippen LogP contribution in [-0.2, 0) is 24.1 Å². The van der Waals surface area contributed by atoms with Gasteiger partial charge in [0, 0.05) is 0 Å². The number of amides is 1. The minimum atomic E-state index is 0.102. The monoisotopic (exact) mass is 335 g/mol. The second-order valence-electron chi connectivity index (χ2n) is 7.37. The molecule has 1 aliphatic carbocycles. The Hall–Kier alpha value is -2.09. The molecule has 0 radical (unpaired) electrons. The Balaban J connectivity index is 1.70. The predicted molar refractivity (Wildman–Crippen MR) is 104 cm³/mol. The Bertz CT molecular complexity index is 763. The van der Waals surface area contributed by atoms with Crippen molar-refractivity contribution >= 4 is 5.91 Å². The molecule has 0 saturated heterocycles. The highest BCUT2D eigenvalue weighted by molar-refractivity contribution is 5.79. The molecular weight excluding hydrogens is 306 g/mol. The molecule has 0 unspecified atom stereocenters. The third kappa shape index (κ3) is 4.31. The summed E-state index contributed by atoms with van der Waals surface area (Å²) >= 11 is 0. The van der Waals surface area contributed by atoms with Crippen LogP contribution in [0, 0.1) is 13.8 Å². The number of benzene rings is 2. The van der Waals surface area contributed by atoms with E-state index in [0.29, 0.717) is 6.42 Å². The first-order chi connectivity index (χ1) is 12.1. The molecule has 1 atom stereocenters. The highest BCUT2D eigenvalue weighted by atomic mass is 16.1. The lowest BCUT2D eigenvalue weighted by Gasteiger charge is -2.22. The Morgan fingerprint density at radius 3 is 2.52 bits per heavy atom. The van der Waals surface area contributed by atoms with E-state index in [2.05, 4.69) is 62.5 Å². The number of carbonyl (C=O) groups excluding carboxylic acids is 1. The zero-order valence-corrected chi connectivity index (χ0v) is 15.7. The molecule has 2 heteroatoms. The van der Waals surface area contributed by atoms with Crippen molar-refractivity contribution in [2.75, 3.05) is 0 Å². The van der Waals surface area contributed by atoms with Crippen LogP contribution in [0.1, 0.15) is 65.6 Å². The molecule has 0 bridgehead atoms. The van der Waals surface area contributed by atoms with E-state index in [1.165, 1.54) is 53.5 Å². The molecule has 25 heavy (non-hydrogen) atoms. The van der Waals surface area contributed by atoms with Gasteiger partial charge in [-0.25, -0.2) is 0 Å². The van der Waals surface area contributed by atoms with Crippen molar-refractivity contribution < 1.29 is 4.79 Å². The van der Waals surface area contributed by atoms with E-state index in [0.717, 1.165) is 12.0 Å². The molecule has 0 aromatic heterocycles. The summed E-state index contributed by atoms with van der Waals surface area (Å²) in [5.41, 5.74) is 7.76. The lowest BCUT2D eigenvalue weighted by molar-refractivity contribution is -0.121. The molecule has 2 aromatic carbocycles. The molecule has 0 aliphatic heterocycles. The number of fused-ring (bicyclic) bond motifs is 1. The van der Waals surface area contributed by atoms with Gasteiger partial charge >= 0.3 is 0 Å². The predicted octanol–water partition coefficient (Wildman–Crippen LogP) is 4.99. The van der Waals surface area contributed by atoms with Gasteiger partial charge in [0.2, 0.25) is 5.91 Å². The summed E-state index contributed by atoms with van der Waals surface area (Å²) in [6.45, 7) is 6.30. The number of nitrogens with one attached hydrogen (secondary N) is 1. The highest BCUT2D eigenvalue weighted by Crippen LogP contribution is 2.26. The van der Waals surface area contributed by atoms with Gasteiger partial charge in [0.25, 0.3) is 0 Å². The Kier molecular flexibility index (Phi) is 5.57. The quantitative estimate of drug-likeness (QED) is 0.819. The summed E-state index contributed by atoms with van der Waals surface area (Å²) in [4.78, 5) is 12.6. The fourth-order valence-electron chi connectivity index (χ4n) is 3.85. The molecule has 0 heterocycles. The molecule has 2 nitrogen and oxygen atoms in total. The van der Waals surface area contributed by atoms with Crippen LogP contribution in [-0.4, -0.2) is 5.91 Å². The zero-order chi connectivity index (χ0) is 17.8. The smallest absolute Gasteiger partial charge is 0.224 e. The van der Waals surface area contributed by atoms with Crippen molar-refractivity contribution in [1.29, 1.82) is 0 Å². The van der Waals surface area contributed by atoms with E-state index >= 15 is 0 Å². The Labute approximate surface area is 151 Å². The van der Waals surface area contributed by atoms with E-state index in [1.54, 1.807) is 0 Å². The van der Waals surface area contributed by atoms with E-state index in [-0.39, 0.29) is 11.9 Å². The summed E-state index contributed by atoms with van der Waals surface area (Å²) in [5, 5.41) is 3.24. The maximum Gasteiger partial charge on any atom is 0.224 e. The SMILES string of the molecule is CC[C@@H](NC(=O)Cc1ccc(C)cc1C)c1ccc2c(c1)CCCC2. The number of rotatable bonds is 5. The summed E-state index contributed by atoms with van der Waals surface area (Å²) in [7, 11) is 0. The van der Waals surface area contributed by atoms with Crippen molar-refractivity contribution in [2.45, 2.75) is 65.3 Å². The third-order valence-electron chi connectivity index (χ3n) is 5.37. The van der Waals surface area contributed by atoms with Gasteiger partial charge in [-0.15, -0.1) is 0 Å². The second kappa shape index (κ2) is 7.86. The summed E-state index contributed by atoms with van der Waals surface area (Å²) in [6.07, 6.45) is 6.33. The van der Waals surface area contributed by atoms with Crippen LogP contribution in [0.15, 0.2) is 36.4 Å². The third-order valence-corrected chi connectivity index (χ3v) is 5.37. The van der Waals surface area contributed by atoms with Gasteiger partial charge in [-0.3, -0.25) is 4.79 Å². The summed E-state index contributed by atoms with van der Waals surface area (Å²) in [6, 6.07) is 13.2. The van der Waals surface area contributed by atoms with Crippen molar-refractivity contribution in [3.63, 3.8) is 0 Å². The molecule has 132 valence electrons. The van der Waals surface area contributed by atoms with E-state index in [4.69, 9.17) is 0 Å². The number of hydrogen-bond acceptors (Lipinski definition) is 1. The van der Waals surface area contributed by atoms with Gasteiger partial charge in [0.1, 0.15) is 0 Å². The van der Waals surface area contributed by atoms with Crippen LogP contribution in [0.5, 0.6) is 0 Å². The van der Waals surface area contributed by atoms with Crippen LogP contribution in [0.25, 0.3) is 0 Å². The molecule has 1 amide bonds. The zero-order valence-electron chi connectivity index (χ0n) is 15.7. The standard InChI is InChI=1S/C23H29NO/c1-4-22(21-12-11-18-7-5-6-8-20(18)14-21)24-23(25)15-19-10-9-16(2)13-17(19)3/h9-14,22H,4-8,15H2,1-3H3,(H,24,25)/t22-/m1/s1. The molecule has 2 aromatic rings. The van der Waals surface area contributed by atoms with Crippen LogP contribution >= 0.6 is 0 Å². The number of hydrogen-bond donors (Lipinski definition) is 1. The van der Waals surface area contributed by atoms with Crippen LogP contribution in [0.2, 0.25) is 0 Å². The summed E-state index contributed by atoms with van der Waals surface area (Å²) < 4.78 is 0. The Morgan fingerprint density at radius 1 is 1.04 bits per heavy atom. The molecule has 0 fully saturated rings. The Morgan fingerprint density at radius 2 is 1.80 bits per heavy atom. The number of aryl methyl sites for hydroxylation is 4. The van der Waals surface area contributed by atoms with E-state index in [1.807, 2.05) is 0 Å². The first-order valence-corrected chi connectivity index (χ1v) is 9.54. The molecular formula is C23H29NO. The van der Waals surface area contributed by atoms with Crippen molar-refractivity contribution in [1.82, 2.24) is 5.32 Å². The van der Waals surface area contributed by atoms with Crippen LogP contribution < -0.4 is 5.32 Å². The van der Waals surface area contributed by atoms with Gasteiger partial charge in [-0.2, -0.15) is 0 Å². The second-order valence-corrected chi connectivity index (χ2v) is 7.37. The molecule has 1 N–H and O–H groups in total. The maximum absolute atomic E-state index is 12.6. The lowest BCUT2D eigenvalue weighted by Crippen LogP contribution is -2.29. The van der Waals surface area contributed by atoms with Crippen molar-refractivity contribution in [3.8, 4) is 0 Å². The minimum absolute atomic E-state index is 0.102. The van der Waals surface area contributed by atoms with Crippen molar-refractivity contribution in [3.05, 3.63) is 69.8 Å². The molecule has 0 spiro atoms. The van der Waals surface area contributed by atoms with Gasteiger partial charge in [-0.05, 0) is 73.8 Å². The first kappa shape index (κ1) is 17.7.